The van der Waals surface area contributed by atoms with Crippen molar-refractivity contribution < 1.29 is 4.39 Å². The number of hydrogen-bond donors (Lipinski definition) is 1. The lowest BCUT2D eigenvalue weighted by Crippen LogP contribution is -2.18. The summed E-state index contributed by atoms with van der Waals surface area (Å²) in [5.41, 5.74) is 1.73. The van der Waals surface area contributed by atoms with Gasteiger partial charge in [-0.3, -0.25) is 0 Å². The van der Waals surface area contributed by atoms with Gasteiger partial charge < -0.3 is 5.32 Å². The van der Waals surface area contributed by atoms with Crippen molar-refractivity contribution in [1.29, 1.82) is 0 Å². The van der Waals surface area contributed by atoms with E-state index in [0.717, 1.165) is 11.1 Å². The van der Waals surface area contributed by atoms with Crippen LogP contribution in [-0.4, -0.2) is 7.05 Å². The van der Waals surface area contributed by atoms with Crippen molar-refractivity contribution in [2.75, 3.05) is 7.05 Å². The molecule has 2 aromatic rings. The van der Waals surface area contributed by atoms with Gasteiger partial charge in [0.1, 0.15) is 5.82 Å². The van der Waals surface area contributed by atoms with Crippen LogP contribution in [0.4, 0.5) is 4.39 Å². The Labute approximate surface area is 129 Å². The molecule has 0 saturated heterocycles. The Morgan fingerprint density at radius 1 is 1.16 bits per heavy atom. The molecule has 1 unspecified atom stereocenters. The third kappa shape index (κ3) is 3.11. The van der Waals surface area contributed by atoms with Crippen molar-refractivity contribution in [2.45, 2.75) is 6.04 Å². The Morgan fingerprint density at radius 3 is 2.53 bits per heavy atom. The number of benzene rings is 2. The minimum Gasteiger partial charge on any atom is -0.309 e. The topological polar surface area (TPSA) is 12.0 Å². The van der Waals surface area contributed by atoms with Crippen LogP contribution in [-0.2, 0) is 0 Å². The molecule has 5 heteroatoms. The largest absolute Gasteiger partial charge is 0.309 e. The van der Waals surface area contributed by atoms with Gasteiger partial charge in [-0.15, -0.1) is 0 Å². The van der Waals surface area contributed by atoms with Gasteiger partial charge in [-0.1, -0.05) is 41.4 Å². The average molecular weight is 363 g/mol. The van der Waals surface area contributed by atoms with Gasteiger partial charge in [-0.05, 0) is 52.3 Å². The Hall–Kier alpha value is -0.610. The summed E-state index contributed by atoms with van der Waals surface area (Å²) in [5.74, 6) is -0.294. The van der Waals surface area contributed by atoms with E-state index in [1.54, 1.807) is 18.2 Å². The van der Waals surface area contributed by atoms with E-state index in [4.69, 9.17) is 23.2 Å². The fourth-order valence-electron chi connectivity index (χ4n) is 1.94. The number of hydrogen-bond acceptors (Lipinski definition) is 1. The zero-order valence-electron chi connectivity index (χ0n) is 10.1. The Kier molecular flexibility index (Phi) is 4.85. The van der Waals surface area contributed by atoms with E-state index in [1.165, 1.54) is 6.07 Å². The minimum absolute atomic E-state index is 0.167. The molecule has 0 aliphatic rings. The summed E-state index contributed by atoms with van der Waals surface area (Å²) in [6.07, 6.45) is 0. The molecule has 19 heavy (non-hydrogen) atoms. The third-order valence-electron chi connectivity index (χ3n) is 2.86. The maximum absolute atomic E-state index is 13.6. The van der Waals surface area contributed by atoms with E-state index in [2.05, 4.69) is 21.2 Å². The standard InChI is InChI=1S/C14H11BrCl2FN/c1-19-14(8-5-6-10(16)11(17)7-8)9-3-2-4-12(18)13(9)15/h2-7,14,19H,1H3. The summed E-state index contributed by atoms with van der Waals surface area (Å²) in [7, 11) is 1.81. The van der Waals surface area contributed by atoms with Gasteiger partial charge in [-0.2, -0.15) is 0 Å². The van der Waals surface area contributed by atoms with E-state index < -0.39 is 0 Å². The first-order chi connectivity index (χ1) is 9.04. The molecule has 0 amide bonds. The number of nitrogens with one attached hydrogen (secondary N) is 1. The fourth-order valence-corrected chi connectivity index (χ4v) is 2.74. The SMILES string of the molecule is CNC(c1ccc(Cl)c(Cl)c1)c1cccc(F)c1Br. The highest BCUT2D eigenvalue weighted by molar-refractivity contribution is 9.10. The predicted octanol–water partition coefficient (Wildman–Crippen LogP) is 5.20. The van der Waals surface area contributed by atoms with Crippen molar-refractivity contribution in [3.8, 4) is 0 Å². The summed E-state index contributed by atoms with van der Waals surface area (Å²) >= 11 is 15.2. The predicted molar refractivity (Wildman–Crippen MR) is 81.5 cm³/mol. The normalized spacial score (nSPS) is 12.5. The van der Waals surface area contributed by atoms with Crippen molar-refractivity contribution in [2.24, 2.45) is 0 Å². The lowest BCUT2D eigenvalue weighted by Gasteiger charge is -2.19. The van der Waals surface area contributed by atoms with Gasteiger partial charge in [-0.25, -0.2) is 4.39 Å². The molecule has 0 radical (unpaired) electrons. The zero-order valence-corrected chi connectivity index (χ0v) is 13.2. The molecule has 0 saturated carbocycles. The molecular weight excluding hydrogens is 352 g/mol. The molecule has 0 aliphatic heterocycles. The van der Waals surface area contributed by atoms with Gasteiger partial charge in [0.15, 0.2) is 0 Å². The number of rotatable bonds is 3. The smallest absolute Gasteiger partial charge is 0.137 e. The van der Waals surface area contributed by atoms with E-state index >= 15 is 0 Å². The summed E-state index contributed by atoms with van der Waals surface area (Å²) in [6, 6.07) is 10.2. The molecule has 0 aliphatic carbocycles. The van der Waals surface area contributed by atoms with Crippen LogP contribution in [0.3, 0.4) is 0 Å². The Morgan fingerprint density at radius 2 is 1.89 bits per heavy atom. The van der Waals surface area contributed by atoms with Crippen LogP contribution >= 0.6 is 39.1 Å². The molecule has 100 valence electrons. The van der Waals surface area contributed by atoms with Gasteiger partial charge >= 0.3 is 0 Å². The first kappa shape index (κ1) is 14.8. The van der Waals surface area contributed by atoms with Gasteiger partial charge in [0, 0.05) is 0 Å². The molecule has 2 rings (SSSR count). The van der Waals surface area contributed by atoms with Crippen LogP contribution in [0.2, 0.25) is 10.0 Å². The molecule has 0 bridgehead atoms. The van der Waals surface area contributed by atoms with E-state index in [9.17, 15) is 4.39 Å². The third-order valence-corrected chi connectivity index (χ3v) is 4.43. The van der Waals surface area contributed by atoms with Crippen LogP contribution in [0.15, 0.2) is 40.9 Å². The molecule has 1 N–H and O–H groups in total. The van der Waals surface area contributed by atoms with Crippen molar-refractivity contribution in [1.82, 2.24) is 5.32 Å². The molecule has 0 aromatic heterocycles. The lowest BCUT2D eigenvalue weighted by molar-refractivity contribution is 0.608. The highest BCUT2D eigenvalue weighted by Gasteiger charge is 2.17. The maximum atomic E-state index is 13.6. The lowest BCUT2D eigenvalue weighted by atomic mass is 9.99. The second-order valence-electron chi connectivity index (χ2n) is 4.04. The van der Waals surface area contributed by atoms with Crippen LogP contribution in [0.5, 0.6) is 0 Å². The van der Waals surface area contributed by atoms with Crippen LogP contribution in [0.1, 0.15) is 17.2 Å². The Bertz CT molecular complexity index is 604. The first-order valence-corrected chi connectivity index (χ1v) is 7.15. The fraction of sp³-hybridized carbons (Fsp3) is 0.143. The highest BCUT2D eigenvalue weighted by Crippen LogP contribution is 2.33. The van der Waals surface area contributed by atoms with Crippen LogP contribution in [0.25, 0.3) is 0 Å². The Balaban J connectivity index is 2.50. The number of halogens is 4. The highest BCUT2D eigenvalue weighted by atomic mass is 79.9. The molecule has 1 nitrogen and oxygen atoms in total. The van der Waals surface area contributed by atoms with E-state index in [0.29, 0.717) is 14.5 Å². The molecule has 2 aromatic carbocycles. The molecule has 0 heterocycles. The van der Waals surface area contributed by atoms with E-state index in [-0.39, 0.29) is 11.9 Å². The van der Waals surface area contributed by atoms with E-state index in [1.807, 2.05) is 19.2 Å². The van der Waals surface area contributed by atoms with Gasteiger partial charge in [0.2, 0.25) is 0 Å². The molecule has 1 atom stereocenters. The summed E-state index contributed by atoms with van der Waals surface area (Å²) < 4.78 is 14.1. The van der Waals surface area contributed by atoms with Crippen molar-refractivity contribution in [3.63, 3.8) is 0 Å². The quantitative estimate of drug-likeness (QED) is 0.790. The second-order valence-corrected chi connectivity index (χ2v) is 5.65. The summed E-state index contributed by atoms with van der Waals surface area (Å²) in [6.45, 7) is 0. The monoisotopic (exact) mass is 361 g/mol. The molecule has 0 fully saturated rings. The summed E-state index contributed by atoms with van der Waals surface area (Å²) in [5, 5.41) is 4.13. The molecular formula is C14H11BrCl2FN. The molecule has 0 spiro atoms. The van der Waals surface area contributed by atoms with Gasteiger partial charge in [0.25, 0.3) is 0 Å². The second kappa shape index (κ2) is 6.23. The summed E-state index contributed by atoms with van der Waals surface area (Å²) in [4.78, 5) is 0. The van der Waals surface area contributed by atoms with Crippen molar-refractivity contribution in [3.05, 3.63) is 67.9 Å². The minimum atomic E-state index is -0.294. The van der Waals surface area contributed by atoms with Crippen LogP contribution < -0.4 is 5.32 Å². The van der Waals surface area contributed by atoms with Gasteiger partial charge in [0.05, 0.1) is 20.6 Å². The maximum Gasteiger partial charge on any atom is 0.137 e. The zero-order chi connectivity index (χ0) is 14.0. The first-order valence-electron chi connectivity index (χ1n) is 5.60. The average Bonchev–Trinajstić information content (AvgIpc) is 2.39. The van der Waals surface area contributed by atoms with Crippen LogP contribution in [0, 0.1) is 5.82 Å². The van der Waals surface area contributed by atoms with Crippen molar-refractivity contribution >= 4 is 39.1 Å².